The summed E-state index contributed by atoms with van der Waals surface area (Å²) in [5.41, 5.74) is 2.12. The number of esters is 1. The minimum absolute atomic E-state index is 0.134. The second-order valence-electron chi connectivity index (χ2n) is 12.1. The number of ether oxygens (including phenoxy) is 6. The van der Waals surface area contributed by atoms with Crippen LogP contribution >= 0.6 is 0 Å². The smallest absolute Gasteiger partial charge is 0.504 e. The second kappa shape index (κ2) is 21.6. The van der Waals surface area contributed by atoms with E-state index in [-0.39, 0.29) is 51.6 Å². The maximum Gasteiger partial charge on any atom is 0.519 e. The first-order valence-corrected chi connectivity index (χ1v) is 17.6. The van der Waals surface area contributed by atoms with Gasteiger partial charge in [0.2, 0.25) is 17.2 Å². The first kappa shape index (κ1) is 44.9. The van der Waals surface area contributed by atoms with Gasteiger partial charge in [-0.2, -0.15) is 0 Å². The average Bonchev–Trinajstić information content (AvgIpc) is 3.24. The Labute approximate surface area is 348 Å². The van der Waals surface area contributed by atoms with Gasteiger partial charge in [-0.1, -0.05) is 74.4 Å². The van der Waals surface area contributed by atoms with Crippen LogP contribution in [0.4, 0.5) is 9.59 Å². The number of benzene rings is 6. The highest BCUT2D eigenvalue weighted by atomic mass is 16.7. The zero-order valence-electron chi connectivity index (χ0n) is 32.3. The van der Waals surface area contributed by atoms with Gasteiger partial charge in [-0.3, -0.25) is 0 Å². The van der Waals surface area contributed by atoms with E-state index in [0.29, 0.717) is 11.5 Å². The first-order chi connectivity index (χ1) is 29.2. The number of hydrogen-bond acceptors (Lipinski definition) is 15. The standard InChI is InChI=1S/C17H14O7.C15H12O5.C14H12O3/c1-10(2)16(20)22-11-6-8-12(9-7-11)23-17(21)24-14-5-3-4-13(18)15(14)19;1-2-10-6-8-11(9-7-10)19-15(18)20-13-5-3-4-12(16)14(13)17;1-2-10-6-8-11(9-7-10)17-13-5-3-4-12(15)14(13)16/h3-9,18-19H,1H2,2H3;2-9,16-17H,1H2;2-9,15-16H,1H2. The lowest BCUT2D eigenvalue weighted by atomic mass is 10.2. The van der Waals surface area contributed by atoms with E-state index in [1.807, 2.05) is 12.1 Å². The van der Waals surface area contributed by atoms with Gasteiger partial charge in [-0.05, 0) is 103 Å². The maximum atomic E-state index is 11.7. The summed E-state index contributed by atoms with van der Waals surface area (Å²) in [5.74, 6) is -1.88. The van der Waals surface area contributed by atoms with Gasteiger partial charge in [-0.25, -0.2) is 14.4 Å². The van der Waals surface area contributed by atoms with Crippen molar-refractivity contribution in [2.75, 3.05) is 0 Å². The molecule has 6 rings (SSSR count). The van der Waals surface area contributed by atoms with Crippen molar-refractivity contribution in [2.45, 2.75) is 6.92 Å². The molecule has 0 aliphatic carbocycles. The monoisotopic (exact) mass is 830 g/mol. The van der Waals surface area contributed by atoms with Crippen molar-refractivity contribution >= 4 is 30.4 Å². The molecule has 15 nitrogen and oxygen atoms in total. The van der Waals surface area contributed by atoms with Crippen LogP contribution in [0.3, 0.4) is 0 Å². The van der Waals surface area contributed by atoms with E-state index in [9.17, 15) is 45.0 Å². The van der Waals surface area contributed by atoms with Crippen molar-refractivity contribution in [1.82, 2.24) is 0 Å². The molecule has 0 spiro atoms. The van der Waals surface area contributed by atoms with Gasteiger partial charge in [0.05, 0.1) is 0 Å². The molecule has 0 saturated carbocycles. The molecule has 0 unspecified atom stereocenters. The minimum atomic E-state index is -1.11. The Morgan fingerprint density at radius 2 is 0.770 bits per heavy atom. The van der Waals surface area contributed by atoms with E-state index < -0.39 is 35.5 Å². The fourth-order valence-electron chi connectivity index (χ4n) is 4.43. The summed E-state index contributed by atoms with van der Waals surface area (Å²) in [5, 5.41) is 56.5. The number of aromatic hydroxyl groups is 6. The van der Waals surface area contributed by atoms with Crippen LogP contribution in [0.25, 0.3) is 12.2 Å². The van der Waals surface area contributed by atoms with E-state index in [1.54, 1.807) is 60.7 Å². The van der Waals surface area contributed by atoms with Crippen molar-refractivity contribution < 1.29 is 73.4 Å². The number of rotatable bonds is 10. The van der Waals surface area contributed by atoms with Crippen LogP contribution in [0.5, 0.6) is 74.7 Å². The number of para-hydroxylation sites is 3. The molecule has 0 saturated heterocycles. The van der Waals surface area contributed by atoms with Crippen molar-refractivity contribution in [3.8, 4) is 74.7 Å². The predicted molar refractivity (Wildman–Crippen MR) is 223 cm³/mol. The maximum absolute atomic E-state index is 11.7. The lowest BCUT2D eigenvalue weighted by Gasteiger charge is -2.08. The van der Waals surface area contributed by atoms with Crippen molar-refractivity contribution in [3.05, 3.63) is 164 Å². The number of carbonyl (C=O) groups is 3. The molecule has 0 aromatic heterocycles. The number of hydrogen-bond donors (Lipinski definition) is 6. The van der Waals surface area contributed by atoms with Crippen LogP contribution in [-0.4, -0.2) is 48.9 Å². The third-order valence-corrected chi connectivity index (χ3v) is 7.56. The third-order valence-electron chi connectivity index (χ3n) is 7.56. The lowest BCUT2D eigenvalue weighted by molar-refractivity contribution is -0.130. The molecule has 0 fully saturated rings. The Hall–Kier alpha value is -8.85. The quantitative estimate of drug-likeness (QED) is 0.0248. The van der Waals surface area contributed by atoms with Crippen LogP contribution in [0.15, 0.2) is 153 Å². The van der Waals surface area contributed by atoms with Gasteiger partial charge in [0, 0.05) is 5.57 Å². The second-order valence-corrected chi connectivity index (χ2v) is 12.1. The molecule has 0 atom stereocenters. The highest BCUT2D eigenvalue weighted by Crippen LogP contribution is 2.38. The molecule has 61 heavy (non-hydrogen) atoms. The summed E-state index contributed by atoms with van der Waals surface area (Å²) in [6, 6.07) is 32.0. The topological polar surface area (TPSA) is 228 Å². The Morgan fingerprint density at radius 3 is 1.15 bits per heavy atom. The normalized spacial score (nSPS) is 9.85. The molecule has 0 aliphatic rings. The largest absolute Gasteiger partial charge is 0.519 e. The molecule has 0 amide bonds. The molecule has 6 N–H and O–H groups in total. The first-order valence-electron chi connectivity index (χ1n) is 17.6. The molecule has 312 valence electrons. The molecule has 0 aliphatic heterocycles. The van der Waals surface area contributed by atoms with E-state index in [2.05, 4.69) is 19.7 Å². The number of phenolic OH excluding ortho intramolecular Hbond substituents is 6. The molecule has 15 heteroatoms. The highest BCUT2D eigenvalue weighted by Gasteiger charge is 2.15. The van der Waals surface area contributed by atoms with Crippen LogP contribution in [0.1, 0.15) is 18.1 Å². The van der Waals surface area contributed by atoms with Gasteiger partial charge in [-0.15, -0.1) is 0 Å². The summed E-state index contributed by atoms with van der Waals surface area (Å²) >= 11 is 0. The zero-order valence-corrected chi connectivity index (χ0v) is 32.3. The summed E-state index contributed by atoms with van der Waals surface area (Å²) in [6.45, 7) is 12.3. The van der Waals surface area contributed by atoms with Gasteiger partial charge in [0.15, 0.2) is 34.5 Å². The summed E-state index contributed by atoms with van der Waals surface area (Å²) < 4.78 is 29.9. The summed E-state index contributed by atoms with van der Waals surface area (Å²) in [6.07, 6.45) is 1.27. The Kier molecular flexibility index (Phi) is 15.9. The van der Waals surface area contributed by atoms with Crippen molar-refractivity contribution in [3.63, 3.8) is 0 Å². The SMILES string of the molecule is C=C(C)C(=O)Oc1ccc(OC(=O)Oc2cccc(O)c2O)cc1.C=Cc1ccc(OC(=O)Oc2cccc(O)c2O)cc1.C=Cc1ccc(Oc2cccc(O)c2O)cc1. The molecule has 0 heterocycles. The van der Waals surface area contributed by atoms with Crippen LogP contribution < -0.4 is 28.4 Å². The van der Waals surface area contributed by atoms with Gasteiger partial charge < -0.3 is 59.1 Å². The number of phenols is 6. The van der Waals surface area contributed by atoms with E-state index in [4.69, 9.17) is 28.4 Å². The molecule has 0 bridgehead atoms. The van der Waals surface area contributed by atoms with E-state index >= 15 is 0 Å². The fourth-order valence-corrected chi connectivity index (χ4v) is 4.43. The van der Waals surface area contributed by atoms with Gasteiger partial charge >= 0.3 is 18.3 Å². The summed E-state index contributed by atoms with van der Waals surface area (Å²) in [4.78, 5) is 34.6. The molecule has 6 aromatic rings. The Morgan fingerprint density at radius 1 is 0.443 bits per heavy atom. The number of carbonyl (C=O) groups excluding carboxylic acids is 3. The third kappa shape index (κ3) is 13.6. The van der Waals surface area contributed by atoms with Crippen molar-refractivity contribution in [2.24, 2.45) is 0 Å². The Balaban J connectivity index is 0.000000204. The minimum Gasteiger partial charge on any atom is -0.504 e. The van der Waals surface area contributed by atoms with Crippen LogP contribution in [0.2, 0.25) is 0 Å². The Bertz CT molecular complexity index is 2490. The van der Waals surface area contributed by atoms with E-state index in [0.717, 1.165) is 11.1 Å². The lowest BCUT2D eigenvalue weighted by Crippen LogP contribution is -2.14. The molecular formula is C46H38O15. The average molecular weight is 831 g/mol. The van der Waals surface area contributed by atoms with Crippen LogP contribution in [0, 0.1) is 0 Å². The van der Waals surface area contributed by atoms with Crippen LogP contribution in [-0.2, 0) is 4.79 Å². The van der Waals surface area contributed by atoms with Gasteiger partial charge in [0.25, 0.3) is 0 Å². The zero-order chi connectivity index (χ0) is 44.5. The fraction of sp³-hybridized carbons (Fsp3) is 0.0217. The molecular weight excluding hydrogens is 792 g/mol. The van der Waals surface area contributed by atoms with Crippen molar-refractivity contribution in [1.29, 1.82) is 0 Å². The summed E-state index contributed by atoms with van der Waals surface area (Å²) in [7, 11) is 0. The highest BCUT2D eigenvalue weighted by molar-refractivity contribution is 5.88. The van der Waals surface area contributed by atoms with Gasteiger partial charge in [0.1, 0.15) is 23.0 Å². The molecule has 0 radical (unpaired) electrons. The molecule has 6 aromatic carbocycles. The van der Waals surface area contributed by atoms with E-state index in [1.165, 1.54) is 73.7 Å². The predicted octanol–water partition coefficient (Wildman–Crippen LogP) is 10.0.